The first kappa shape index (κ1) is 18.4. The number of carbonyl (C=O) groups is 1. The van der Waals surface area contributed by atoms with Crippen LogP contribution in [0, 0.1) is 5.92 Å². The van der Waals surface area contributed by atoms with E-state index in [-0.39, 0.29) is 11.6 Å². The molecule has 3 rings (SSSR count). The lowest BCUT2D eigenvalue weighted by Gasteiger charge is -2.26. The van der Waals surface area contributed by atoms with Crippen LogP contribution in [0.25, 0.3) is 0 Å². The van der Waals surface area contributed by atoms with Crippen molar-refractivity contribution in [3.8, 4) is 0 Å². The van der Waals surface area contributed by atoms with Gasteiger partial charge >= 0.3 is 7.12 Å². The summed E-state index contributed by atoms with van der Waals surface area (Å²) in [7, 11) is -1.56. The van der Waals surface area contributed by atoms with Crippen LogP contribution in [0.1, 0.15) is 87.2 Å². The van der Waals surface area contributed by atoms with E-state index in [1.54, 1.807) is 10.9 Å². The molecule has 7 nitrogen and oxygen atoms in total. The summed E-state index contributed by atoms with van der Waals surface area (Å²) < 4.78 is 1.79. The lowest BCUT2D eigenvalue weighted by atomic mass is 9.71. The van der Waals surface area contributed by atoms with E-state index in [1.807, 2.05) is 0 Å². The van der Waals surface area contributed by atoms with Gasteiger partial charge in [0.25, 0.3) is 5.91 Å². The molecule has 2 fully saturated rings. The Morgan fingerprint density at radius 2 is 1.80 bits per heavy atom. The largest absolute Gasteiger partial charge is 0.475 e. The lowest BCUT2D eigenvalue weighted by Crippen LogP contribution is -2.47. The van der Waals surface area contributed by atoms with Crippen molar-refractivity contribution in [3.05, 3.63) is 11.9 Å². The minimum Gasteiger partial charge on any atom is -0.426 e. The third-order valence-corrected chi connectivity index (χ3v) is 5.68. The molecule has 1 amide bonds. The zero-order valence-electron chi connectivity index (χ0n) is 14.8. The van der Waals surface area contributed by atoms with Gasteiger partial charge in [-0.25, -0.2) is 4.68 Å². The molecule has 1 aromatic rings. The summed E-state index contributed by atoms with van der Waals surface area (Å²) in [5, 5.41) is 30.1. The third kappa shape index (κ3) is 5.04. The fourth-order valence-corrected chi connectivity index (χ4v) is 4.18. The average molecular weight is 348 g/mol. The molecule has 2 saturated carbocycles. The number of rotatable bonds is 6. The zero-order chi connectivity index (χ0) is 17.6. The molecule has 1 aromatic heterocycles. The van der Waals surface area contributed by atoms with Crippen LogP contribution in [-0.2, 0) is 0 Å². The van der Waals surface area contributed by atoms with Crippen molar-refractivity contribution in [2.45, 2.75) is 82.6 Å². The number of hydrogen-bond acceptors (Lipinski definition) is 5. The minimum absolute atomic E-state index is 0.250. The van der Waals surface area contributed by atoms with Crippen LogP contribution >= 0.6 is 0 Å². The summed E-state index contributed by atoms with van der Waals surface area (Å²) in [4.78, 5) is 12.4. The molecule has 138 valence electrons. The maximum absolute atomic E-state index is 12.4. The fourth-order valence-electron chi connectivity index (χ4n) is 4.18. The summed E-state index contributed by atoms with van der Waals surface area (Å²) in [5.41, 5.74) is 0.250. The highest BCUT2D eigenvalue weighted by Crippen LogP contribution is 2.28. The molecule has 2 aliphatic rings. The Morgan fingerprint density at radius 3 is 2.44 bits per heavy atom. The molecule has 0 radical (unpaired) electrons. The number of hydrogen-bond donors (Lipinski definition) is 3. The van der Waals surface area contributed by atoms with Crippen LogP contribution < -0.4 is 5.32 Å². The summed E-state index contributed by atoms with van der Waals surface area (Å²) in [6.45, 7) is 0. The number of nitrogens with one attached hydrogen (secondary N) is 1. The van der Waals surface area contributed by atoms with Gasteiger partial charge in [0.2, 0.25) is 0 Å². The number of nitrogens with zero attached hydrogens (tertiary/aromatic N) is 3. The van der Waals surface area contributed by atoms with E-state index in [0.717, 1.165) is 25.7 Å². The summed E-state index contributed by atoms with van der Waals surface area (Å²) in [6, 6.07) is 0.323. The van der Waals surface area contributed by atoms with Crippen molar-refractivity contribution in [1.82, 2.24) is 20.3 Å². The Kier molecular flexibility index (Phi) is 6.48. The summed E-state index contributed by atoms with van der Waals surface area (Å²) in [5.74, 6) is -0.592. The normalized spacial score (nSPS) is 21.0. The van der Waals surface area contributed by atoms with E-state index < -0.39 is 13.1 Å². The third-order valence-electron chi connectivity index (χ3n) is 5.68. The molecule has 0 unspecified atom stereocenters. The second-order valence-corrected chi connectivity index (χ2v) is 7.61. The number of carbonyl (C=O) groups excluding carboxylic acids is 1. The van der Waals surface area contributed by atoms with Crippen molar-refractivity contribution in [3.63, 3.8) is 0 Å². The van der Waals surface area contributed by atoms with Crippen LogP contribution in [0.3, 0.4) is 0 Å². The molecule has 0 aromatic carbocycles. The Labute approximate surface area is 149 Å². The maximum Gasteiger partial charge on any atom is 0.475 e. The predicted octanol–water partition coefficient (Wildman–Crippen LogP) is 1.86. The highest BCUT2D eigenvalue weighted by atomic mass is 16.4. The molecule has 2 aliphatic carbocycles. The Morgan fingerprint density at radius 1 is 1.16 bits per heavy atom. The van der Waals surface area contributed by atoms with Gasteiger partial charge in [-0.15, -0.1) is 5.10 Å². The summed E-state index contributed by atoms with van der Waals surface area (Å²) in [6.07, 6.45) is 13.9. The molecule has 1 atom stereocenters. The first-order valence-corrected chi connectivity index (χ1v) is 9.72. The zero-order valence-corrected chi connectivity index (χ0v) is 14.8. The van der Waals surface area contributed by atoms with Crippen LogP contribution in [0.15, 0.2) is 6.20 Å². The molecule has 0 saturated heterocycles. The topological polar surface area (TPSA) is 100 Å². The van der Waals surface area contributed by atoms with Gasteiger partial charge in [-0.3, -0.25) is 4.79 Å². The highest BCUT2D eigenvalue weighted by molar-refractivity contribution is 6.43. The minimum atomic E-state index is -1.56. The van der Waals surface area contributed by atoms with E-state index in [1.165, 1.54) is 38.5 Å². The molecule has 3 N–H and O–H groups in total. The Hall–Kier alpha value is -1.41. The van der Waals surface area contributed by atoms with E-state index >= 15 is 0 Å². The van der Waals surface area contributed by atoms with Gasteiger partial charge in [-0.1, -0.05) is 56.6 Å². The van der Waals surface area contributed by atoms with Gasteiger partial charge in [0.1, 0.15) is 0 Å². The first-order valence-electron chi connectivity index (χ1n) is 9.72. The molecule has 8 heteroatoms. The first-order chi connectivity index (χ1) is 12.1. The van der Waals surface area contributed by atoms with Crippen molar-refractivity contribution >= 4 is 13.0 Å². The second kappa shape index (κ2) is 8.80. The highest BCUT2D eigenvalue weighted by Gasteiger charge is 2.30. The van der Waals surface area contributed by atoms with E-state index in [4.69, 9.17) is 0 Å². The smallest absolute Gasteiger partial charge is 0.426 e. The standard InChI is InChI=1S/C17H29BN4O3/c23-17(15-12-22(21-20-15)14-9-5-2-6-10-14)19-16(18(24)25)11-13-7-3-1-4-8-13/h12-14,16,24-25H,1-11H2,(H,19,23)/t16-/m0/s1. The molecule has 1 heterocycles. The molecule has 0 spiro atoms. The lowest BCUT2D eigenvalue weighted by molar-refractivity contribution is 0.0930. The van der Waals surface area contributed by atoms with Crippen molar-refractivity contribution < 1.29 is 14.8 Å². The monoisotopic (exact) mass is 348 g/mol. The van der Waals surface area contributed by atoms with Crippen molar-refractivity contribution in [2.75, 3.05) is 0 Å². The number of amides is 1. The molecule has 0 bridgehead atoms. The number of aromatic nitrogens is 3. The van der Waals surface area contributed by atoms with Gasteiger partial charge in [-0.05, 0) is 25.2 Å². The molecule has 0 aliphatic heterocycles. The molecular weight excluding hydrogens is 319 g/mol. The van der Waals surface area contributed by atoms with Crippen LogP contribution in [-0.4, -0.2) is 44.0 Å². The van der Waals surface area contributed by atoms with Gasteiger partial charge in [0.15, 0.2) is 5.69 Å². The Bertz CT molecular complexity index is 554. The maximum atomic E-state index is 12.4. The van der Waals surface area contributed by atoms with Crippen LogP contribution in [0.4, 0.5) is 0 Å². The fraction of sp³-hybridized carbons (Fsp3) is 0.824. The average Bonchev–Trinajstić information content (AvgIpc) is 3.13. The quantitative estimate of drug-likeness (QED) is 0.682. The molecular formula is C17H29BN4O3. The van der Waals surface area contributed by atoms with Gasteiger partial charge < -0.3 is 15.4 Å². The molecule has 25 heavy (non-hydrogen) atoms. The van der Waals surface area contributed by atoms with Crippen molar-refractivity contribution in [1.29, 1.82) is 0 Å². The van der Waals surface area contributed by atoms with Gasteiger partial charge in [0.05, 0.1) is 18.2 Å². The second-order valence-electron chi connectivity index (χ2n) is 7.61. The van der Waals surface area contributed by atoms with E-state index in [0.29, 0.717) is 18.4 Å². The SMILES string of the molecule is O=C(N[C@@H](CC1CCCCC1)B(O)O)c1cn(C2CCCCC2)nn1. The van der Waals surface area contributed by atoms with E-state index in [9.17, 15) is 14.8 Å². The van der Waals surface area contributed by atoms with Crippen LogP contribution in [0.2, 0.25) is 0 Å². The van der Waals surface area contributed by atoms with Crippen LogP contribution in [0.5, 0.6) is 0 Å². The van der Waals surface area contributed by atoms with Gasteiger partial charge in [-0.2, -0.15) is 0 Å². The van der Waals surface area contributed by atoms with Gasteiger partial charge in [0, 0.05) is 0 Å². The Balaban J connectivity index is 1.58. The van der Waals surface area contributed by atoms with Crippen molar-refractivity contribution in [2.24, 2.45) is 5.92 Å². The summed E-state index contributed by atoms with van der Waals surface area (Å²) >= 11 is 0. The predicted molar refractivity (Wildman–Crippen MR) is 94.8 cm³/mol. The van der Waals surface area contributed by atoms with E-state index in [2.05, 4.69) is 15.6 Å².